The Bertz CT molecular complexity index is 1370. The minimum Gasteiger partial charge on any atom is -0.406 e. The van der Waals surface area contributed by atoms with E-state index in [4.69, 9.17) is 11.6 Å². The highest BCUT2D eigenvalue weighted by Crippen LogP contribution is 2.30. The molecule has 39 heavy (non-hydrogen) atoms. The molecule has 0 radical (unpaired) electrons. The molecule has 1 aromatic carbocycles. The zero-order chi connectivity index (χ0) is 28.3. The number of piperazine rings is 1. The summed E-state index contributed by atoms with van der Waals surface area (Å²) in [6.07, 6.45) is -0.305. The first-order valence-electron chi connectivity index (χ1n) is 11.9. The lowest BCUT2D eigenvalue weighted by Gasteiger charge is -2.34. The maximum atomic E-state index is 13.2. The number of pyridine rings is 1. The minimum absolute atomic E-state index is 0.00196. The second kappa shape index (κ2) is 11.5. The van der Waals surface area contributed by atoms with Crippen LogP contribution in [-0.4, -0.2) is 60.4 Å². The van der Waals surface area contributed by atoms with E-state index in [1.54, 1.807) is 25.3 Å². The number of nitrogens with two attached hydrogens (primary N) is 2. The number of likely N-dealkylation sites (N-methyl/N-ethyl adjacent to an activating group) is 1. The average molecular weight is 563 g/mol. The number of carbonyl (C=O) groups is 1. The van der Waals surface area contributed by atoms with Crippen LogP contribution in [-0.2, 0) is 0 Å². The Morgan fingerprint density at radius 1 is 1.13 bits per heavy atom. The summed E-state index contributed by atoms with van der Waals surface area (Å²) < 4.78 is 43.2. The van der Waals surface area contributed by atoms with Crippen LogP contribution in [0.5, 0.6) is 5.75 Å². The molecule has 3 heterocycles. The molecule has 0 atom stereocenters. The molecular weight excluding hydrogens is 533 g/mol. The van der Waals surface area contributed by atoms with Crippen LogP contribution in [0, 0.1) is 13.8 Å². The Hall–Kier alpha value is -3.88. The van der Waals surface area contributed by atoms with Gasteiger partial charge in [-0.05, 0) is 39.1 Å². The minimum atomic E-state index is -4.90. The maximum Gasteiger partial charge on any atom is 0.573 e. The van der Waals surface area contributed by atoms with Gasteiger partial charge in [-0.25, -0.2) is 10.8 Å². The quantitative estimate of drug-likeness (QED) is 0.292. The fourth-order valence-electron chi connectivity index (χ4n) is 3.99. The number of nitrogens with zero attached hydrogens (tertiary/aromatic N) is 5. The SMILES string of the molecule is Cc1ncc(/C(N)=C/N(N)c2cc(NC(=O)c3cc(OC(F)(F)F)cc(N4CCN(C)CC4)c3)cnc2C)s1. The van der Waals surface area contributed by atoms with Gasteiger partial charge in [-0.2, -0.15) is 0 Å². The van der Waals surface area contributed by atoms with E-state index < -0.39 is 18.0 Å². The van der Waals surface area contributed by atoms with Gasteiger partial charge in [0.1, 0.15) is 5.75 Å². The van der Waals surface area contributed by atoms with Crippen molar-refractivity contribution in [1.82, 2.24) is 14.9 Å². The van der Waals surface area contributed by atoms with Crippen LogP contribution in [0.4, 0.5) is 30.2 Å². The Balaban J connectivity index is 1.58. The number of aryl methyl sites for hydroxylation is 2. The molecule has 1 saturated heterocycles. The van der Waals surface area contributed by atoms with Crippen molar-refractivity contribution >= 4 is 40.0 Å². The molecule has 14 heteroatoms. The summed E-state index contributed by atoms with van der Waals surface area (Å²) in [4.78, 5) is 26.4. The first kappa shape index (κ1) is 28.1. The predicted molar refractivity (Wildman–Crippen MR) is 145 cm³/mol. The number of thiazole rings is 1. The molecule has 5 N–H and O–H groups in total. The van der Waals surface area contributed by atoms with Crippen molar-refractivity contribution in [3.05, 3.63) is 64.0 Å². The molecule has 2 aromatic heterocycles. The van der Waals surface area contributed by atoms with Crippen LogP contribution >= 0.6 is 11.3 Å². The molecule has 1 fully saturated rings. The number of rotatable bonds is 7. The van der Waals surface area contributed by atoms with Gasteiger partial charge < -0.3 is 25.6 Å². The van der Waals surface area contributed by atoms with E-state index >= 15 is 0 Å². The van der Waals surface area contributed by atoms with Crippen molar-refractivity contribution in [3.8, 4) is 5.75 Å². The molecule has 4 rings (SSSR count). The zero-order valence-corrected chi connectivity index (χ0v) is 22.4. The molecule has 0 spiro atoms. The van der Waals surface area contributed by atoms with Crippen LogP contribution in [0.3, 0.4) is 0 Å². The second-order valence-corrected chi connectivity index (χ2v) is 10.3. The number of anilines is 3. The molecule has 208 valence electrons. The van der Waals surface area contributed by atoms with E-state index in [2.05, 4.69) is 24.9 Å². The van der Waals surface area contributed by atoms with Gasteiger partial charge in [0.15, 0.2) is 0 Å². The standard InChI is InChI=1S/C25H29F3N8O2S/c1-15-22(36(30)14-21(29)23-13-32-16(2)39-23)10-18(12-31-15)33-24(37)17-8-19(35-6-4-34(3)5-7-35)11-20(9-17)38-25(26,27)28/h8-14H,4-7,29-30H2,1-3H3,(H,33,37)/b21-14-. The summed E-state index contributed by atoms with van der Waals surface area (Å²) >= 11 is 1.42. The molecule has 0 unspecified atom stereocenters. The first-order valence-corrected chi connectivity index (χ1v) is 12.8. The number of halogens is 3. The van der Waals surface area contributed by atoms with E-state index in [1.165, 1.54) is 34.8 Å². The molecule has 0 saturated carbocycles. The van der Waals surface area contributed by atoms with Crippen molar-refractivity contribution in [1.29, 1.82) is 0 Å². The van der Waals surface area contributed by atoms with Crippen LogP contribution < -0.4 is 31.5 Å². The van der Waals surface area contributed by atoms with Gasteiger partial charge in [-0.3, -0.25) is 14.8 Å². The maximum absolute atomic E-state index is 13.2. The van der Waals surface area contributed by atoms with Crippen LogP contribution in [0.2, 0.25) is 0 Å². The molecule has 1 amide bonds. The third-order valence-electron chi connectivity index (χ3n) is 6.04. The van der Waals surface area contributed by atoms with Crippen molar-refractivity contribution in [2.45, 2.75) is 20.2 Å². The third-order valence-corrected chi connectivity index (χ3v) is 7.00. The largest absolute Gasteiger partial charge is 0.573 e. The van der Waals surface area contributed by atoms with Crippen molar-refractivity contribution < 1.29 is 22.7 Å². The number of amides is 1. The number of alkyl halides is 3. The fourth-order valence-corrected chi connectivity index (χ4v) is 4.69. The summed E-state index contributed by atoms with van der Waals surface area (Å²) in [5, 5.41) is 4.83. The van der Waals surface area contributed by atoms with E-state index in [1.807, 2.05) is 18.9 Å². The van der Waals surface area contributed by atoms with Gasteiger partial charge in [-0.1, -0.05) is 0 Å². The number of nitrogens with one attached hydrogen (secondary N) is 1. The number of ether oxygens (including phenoxy) is 1. The average Bonchev–Trinajstić information content (AvgIpc) is 3.30. The van der Waals surface area contributed by atoms with Crippen molar-refractivity contribution in [2.24, 2.45) is 11.6 Å². The smallest absolute Gasteiger partial charge is 0.406 e. The highest BCUT2D eigenvalue weighted by Gasteiger charge is 2.32. The van der Waals surface area contributed by atoms with Gasteiger partial charge in [0.05, 0.1) is 38.8 Å². The van der Waals surface area contributed by atoms with Crippen LogP contribution in [0.15, 0.2) is 42.9 Å². The number of hydrogen-bond acceptors (Lipinski definition) is 10. The second-order valence-electron chi connectivity index (χ2n) is 9.07. The number of benzene rings is 1. The highest BCUT2D eigenvalue weighted by atomic mass is 32.1. The van der Waals surface area contributed by atoms with E-state index in [-0.39, 0.29) is 5.56 Å². The predicted octanol–water partition coefficient (Wildman–Crippen LogP) is 3.70. The van der Waals surface area contributed by atoms with Gasteiger partial charge >= 0.3 is 6.36 Å². The summed E-state index contributed by atoms with van der Waals surface area (Å²) in [5.74, 6) is 5.11. The third kappa shape index (κ3) is 7.37. The van der Waals surface area contributed by atoms with Gasteiger partial charge in [0.25, 0.3) is 5.91 Å². The fraction of sp³-hybridized carbons (Fsp3) is 0.320. The van der Waals surface area contributed by atoms with E-state index in [0.29, 0.717) is 41.5 Å². The lowest BCUT2D eigenvalue weighted by Crippen LogP contribution is -2.44. The number of aromatic nitrogens is 2. The van der Waals surface area contributed by atoms with Gasteiger partial charge in [0, 0.05) is 55.9 Å². The van der Waals surface area contributed by atoms with E-state index in [0.717, 1.165) is 29.0 Å². The summed E-state index contributed by atoms with van der Waals surface area (Å²) in [5.41, 5.74) is 8.34. The number of hydrazine groups is 1. The van der Waals surface area contributed by atoms with Gasteiger partial charge in [-0.15, -0.1) is 24.5 Å². The normalized spacial score (nSPS) is 14.8. The zero-order valence-electron chi connectivity index (χ0n) is 21.6. The molecule has 10 nitrogen and oxygen atoms in total. The Labute approximate surface area is 227 Å². The van der Waals surface area contributed by atoms with Gasteiger partial charge in [0.2, 0.25) is 0 Å². The summed E-state index contributed by atoms with van der Waals surface area (Å²) in [6, 6.07) is 5.48. The Kier molecular flexibility index (Phi) is 8.28. The lowest BCUT2D eigenvalue weighted by molar-refractivity contribution is -0.274. The van der Waals surface area contributed by atoms with Crippen LogP contribution in [0.1, 0.15) is 25.9 Å². The topological polar surface area (TPSA) is 126 Å². The molecule has 1 aliphatic heterocycles. The number of hydrogen-bond donors (Lipinski definition) is 3. The summed E-state index contributed by atoms with van der Waals surface area (Å²) in [7, 11) is 1.97. The highest BCUT2D eigenvalue weighted by molar-refractivity contribution is 7.12. The van der Waals surface area contributed by atoms with Crippen molar-refractivity contribution in [3.63, 3.8) is 0 Å². The van der Waals surface area contributed by atoms with Crippen molar-refractivity contribution in [2.75, 3.05) is 48.5 Å². The molecule has 0 bridgehead atoms. The van der Waals surface area contributed by atoms with E-state index in [9.17, 15) is 18.0 Å². The Morgan fingerprint density at radius 3 is 2.49 bits per heavy atom. The number of carbonyl (C=O) groups excluding carboxylic acids is 1. The lowest BCUT2D eigenvalue weighted by atomic mass is 10.1. The Morgan fingerprint density at radius 2 is 1.85 bits per heavy atom. The first-order chi connectivity index (χ1) is 18.4. The monoisotopic (exact) mass is 562 g/mol. The molecule has 1 aliphatic rings. The molecule has 0 aliphatic carbocycles. The summed E-state index contributed by atoms with van der Waals surface area (Å²) in [6.45, 7) is 6.27. The molecule has 3 aromatic rings. The van der Waals surface area contributed by atoms with Crippen LogP contribution in [0.25, 0.3) is 5.70 Å². The molecular formula is C25H29F3N8O2S.